The van der Waals surface area contributed by atoms with Gasteiger partial charge in [-0.05, 0) is 18.2 Å². The van der Waals surface area contributed by atoms with Crippen molar-refractivity contribution >= 4 is 23.2 Å². The van der Waals surface area contributed by atoms with Gasteiger partial charge in [-0.15, -0.1) is 11.6 Å². The molecule has 100 valence electrons. The molecule has 0 unspecified atom stereocenters. The van der Waals surface area contributed by atoms with Crippen LogP contribution in [0.5, 0.6) is 5.75 Å². The molecule has 0 saturated heterocycles. The zero-order chi connectivity index (χ0) is 13.8. The second kappa shape index (κ2) is 6.22. The van der Waals surface area contributed by atoms with E-state index in [-0.39, 0.29) is 28.8 Å². The number of hydrogen-bond acceptors (Lipinski definition) is 1. The third-order valence-electron chi connectivity index (χ3n) is 2.62. The molecule has 0 aliphatic carbocycles. The molecule has 0 aromatic heterocycles. The molecule has 2 aromatic rings. The molecule has 2 rings (SSSR count). The van der Waals surface area contributed by atoms with E-state index < -0.39 is 11.6 Å². The van der Waals surface area contributed by atoms with Crippen molar-refractivity contribution in [1.29, 1.82) is 0 Å². The lowest BCUT2D eigenvalue weighted by Crippen LogP contribution is -2.03. The van der Waals surface area contributed by atoms with Gasteiger partial charge in [-0.25, -0.2) is 8.78 Å². The summed E-state index contributed by atoms with van der Waals surface area (Å²) in [6.07, 6.45) is 0. The molecule has 0 heterocycles. The predicted molar refractivity (Wildman–Crippen MR) is 71.7 cm³/mol. The first-order valence-corrected chi connectivity index (χ1v) is 6.43. The molecule has 0 atom stereocenters. The molecule has 0 aliphatic rings. The standard InChI is InChI=1S/C14H10Cl2F2O/c15-7-9-3-1-6-13(18)14(9)19-8-10-11(16)4-2-5-12(10)17/h1-6H,7-8H2. The van der Waals surface area contributed by atoms with Crippen LogP contribution in [0.25, 0.3) is 0 Å². The molecule has 0 amide bonds. The molecule has 0 bridgehead atoms. The minimum absolute atomic E-state index is 0.0248. The number of alkyl halides is 1. The molecule has 0 N–H and O–H groups in total. The van der Waals surface area contributed by atoms with Gasteiger partial charge in [0.25, 0.3) is 0 Å². The van der Waals surface area contributed by atoms with Crippen LogP contribution in [0.2, 0.25) is 5.02 Å². The van der Waals surface area contributed by atoms with Crippen LogP contribution in [0.1, 0.15) is 11.1 Å². The minimum Gasteiger partial charge on any atom is -0.485 e. The van der Waals surface area contributed by atoms with Crippen molar-refractivity contribution in [3.8, 4) is 5.75 Å². The van der Waals surface area contributed by atoms with Crippen molar-refractivity contribution < 1.29 is 13.5 Å². The fourth-order valence-electron chi connectivity index (χ4n) is 1.63. The number of ether oxygens (including phenoxy) is 1. The van der Waals surface area contributed by atoms with E-state index in [1.165, 1.54) is 24.3 Å². The smallest absolute Gasteiger partial charge is 0.165 e. The van der Waals surface area contributed by atoms with Crippen molar-refractivity contribution in [3.05, 3.63) is 64.2 Å². The summed E-state index contributed by atoms with van der Waals surface area (Å²) in [4.78, 5) is 0. The quantitative estimate of drug-likeness (QED) is 0.727. The lowest BCUT2D eigenvalue weighted by Gasteiger charge is -2.12. The molecule has 2 aromatic carbocycles. The highest BCUT2D eigenvalue weighted by atomic mass is 35.5. The summed E-state index contributed by atoms with van der Waals surface area (Å²) in [7, 11) is 0. The van der Waals surface area contributed by atoms with E-state index >= 15 is 0 Å². The second-order valence-electron chi connectivity index (χ2n) is 3.85. The van der Waals surface area contributed by atoms with Gasteiger partial charge >= 0.3 is 0 Å². The van der Waals surface area contributed by atoms with E-state index in [4.69, 9.17) is 27.9 Å². The number of halogens is 4. The monoisotopic (exact) mass is 302 g/mol. The van der Waals surface area contributed by atoms with Crippen LogP contribution in [0.15, 0.2) is 36.4 Å². The van der Waals surface area contributed by atoms with Crippen molar-refractivity contribution in [2.45, 2.75) is 12.5 Å². The van der Waals surface area contributed by atoms with E-state index in [1.807, 2.05) is 0 Å². The fraction of sp³-hybridized carbons (Fsp3) is 0.143. The SMILES string of the molecule is Fc1cccc(Cl)c1COc1c(F)cccc1CCl. The number of rotatable bonds is 4. The third kappa shape index (κ3) is 3.17. The summed E-state index contributed by atoms with van der Waals surface area (Å²) >= 11 is 11.6. The van der Waals surface area contributed by atoms with E-state index in [2.05, 4.69) is 0 Å². The van der Waals surface area contributed by atoms with Gasteiger partial charge < -0.3 is 4.74 Å². The summed E-state index contributed by atoms with van der Waals surface area (Å²) < 4.78 is 32.5. The summed E-state index contributed by atoms with van der Waals surface area (Å²) in [5.41, 5.74) is 0.696. The maximum atomic E-state index is 13.6. The van der Waals surface area contributed by atoms with Crippen LogP contribution in [0.4, 0.5) is 8.78 Å². The molecule has 19 heavy (non-hydrogen) atoms. The molecule has 0 radical (unpaired) electrons. The first-order chi connectivity index (χ1) is 9.13. The van der Waals surface area contributed by atoms with Crippen LogP contribution in [0.3, 0.4) is 0 Å². The zero-order valence-electron chi connectivity index (χ0n) is 9.80. The Labute approximate surface area is 119 Å². The number of benzene rings is 2. The molecule has 0 spiro atoms. The Morgan fingerprint density at radius 3 is 2.37 bits per heavy atom. The summed E-state index contributed by atoms with van der Waals surface area (Å²) in [6, 6.07) is 8.76. The Bertz CT molecular complexity index is 567. The maximum Gasteiger partial charge on any atom is 0.165 e. The molecular weight excluding hydrogens is 293 g/mol. The Hall–Kier alpha value is -1.32. The molecule has 0 aliphatic heterocycles. The number of para-hydroxylation sites is 1. The first kappa shape index (κ1) is 14.1. The van der Waals surface area contributed by atoms with E-state index in [0.29, 0.717) is 5.56 Å². The van der Waals surface area contributed by atoms with Gasteiger partial charge in [-0.2, -0.15) is 0 Å². The van der Waals surface area contributed by atoms with Crippen LogP contribution in [-0.2, 0) is 12.5 Å². The van der Waals surface area contributed by atoms with Gasteiger partial charge in [0.1, 0.15) is 12.4 Å². The van der Waals surface area contributed by atoms with E-state index in [1.54, 1.807) is 12.1 Å². The fourth-order valence-corrected chi connectivity index (χ4v) is 2.06. The topological polar surface area (TPSA) is 9.23 Å². The van der Waals surface area contributed by atoms with Gasteiger partial charge in [-0.3, -0.25) is 0 Å². The summed E-state index contributed by atoms with van der Waals surface area (Å²) in [5, 5.41) is 0.240. The van der Waals surface area contributed by atoms with Crippen LogP contribution < -0.4 is 4.74 Å². The average molecular weight is 303 g/mol. The number of hydrogen-bond donors (Lipinski definition) is 0. The van der Waals surface area contributed by atoms with Gasteiger partial charge in [-0.1, -0.05) is 29.8 Å². The van der Waals surface area contributed by atoms with Crippen molar-refractivity contribution in [3.63, 3.8) is 0 Å². The summed E-state index contributed by atoms with van der Waals surface area (Å²) in [5.74, 6) is -0.892. The maximum absolute atomic E-state index is 13.6. The largest absolute Gasteiger partial charge is 0.485 e. The lowest BCUT2D eigenvalue weighted by molar-refractivity contribution is 0.282. The van der Waals surface area contributed by atoms with E-state index in [0.717, 1.165) is 0 Å². The average Bonchev–Trinajstić information content (AvgIpc) is 2.39. The Balaban J connectivity index is 2.24. The lowest BCUT2D eigenvalue weighted by atomic mass is 10.2. The van der Waals surface area contributed by atoms with Crippen LogP contribution in [-0.4, -0.2) is 0 Å². The van der Waals surface area contributed by atoms with Crippen LogP contribution >= 0.6 is 23.2 Å². The van der Waals surface area contributed by atoms with Crippen LogP contribution in [0, 0.1) is 11.6 Å². The van der Waals surface area contributed by atoms with Crippen molar-refractivity contribution in [2.75, 3.05) is 0 Å². The highest BCUT2D eigenvalue weighted by Gasteiger charge is 2.12. The van der Waals surface area contributed by atoms with E-state index in [9.17, 15) is 8.78 Å². The molecule has 0 fully saturated rings. The van der Waals surface area contributed by atoms with Crippen molar-refractivity contribution in [2.24, 2.45) is 0 Å². The predicted octanol–water partition coefficient (Wildman–Crippen LogP) is 4.94. The Kier molecular flexibility index (Phi) is 4.61. The van der Waals surface area contributed by atoms with Crippen molar-refractivity contribution in [1.82, 2.24) is 0 Å². The second-order valence-corrected chi connectivity index (χ2v) is 4.53. The molecule has 0 saturated carbocycles. The minimum atomic E-state index is -0.536. The molecular formula is C14H10Cl2F2O. The molecule has 5 heteroatoms. The Morgan fingerprint density at radius 1 is 1.00 bits per heavy atom. The van der Waals surface area contributed by atoms with Gasteiger partial charge in [0, 0.05) is 11.1 Å². The van der Waals surface area contributed by atoms with Gasteiger partial charge in [0.05, 0.1) is 10.9 Å². The zero-order valence-corrected chi connectivity index (χ0v) is 11.3. The molecule has 1 nitrogen and oxygen atoms in total. The van der Waals surface area contributed by atoms with Gasteiger partial charge in [0.15, 0.2) is 11.6 Å². The van der Waals surface area contributed by atoms with Gasteiger partial charge in [0.2, 0.25) is 0 Å². The normalized spacial score (nSPS) is 10.5. The Morgan fingerprint density at radius 2 is 1.68 bits per heavy atom. The third-order valence-corrected chi connectivity index (χ3v) is 3.26. The summed E-state index contributed by atoms with van der Waals surface area (Å²) in [6.45, 7) is -0.156. The highest BCUT2D eigenvalue weighted by molar-refractivity contribution is 6.31. The first-order valence-electron chi connectivity index (χ1n) is 5.52. The highest BCUT2D eigenvalue weighted by Crippen LogP contribution is 2.27.